The van der Waals surface area contributed by atoms with Crippen molar-refractivity contribution in [1.82, 2.24) is 5.32 Å². The summed E-state index contributed by atoms with van der Waals surface area (Å²) in [6.07, 6.45) is 0. The molecule has 0 amide bonds. The van der Waals surface area contributed by atoms with Gasteiger partial charge in [0.2, 0.25) is 0 Å². The number of anilines is 1. The number of aliphatic hydroxyl groups excluding tert-OH is 1. The fourth-order valence-electron chi connectivity index (χ4n) is 2.38. The molecule has 0 spiro atoms. The van der Waals surface area contributed by atoms with Gasteiger partial charge in [-0.3, -0.25) is 0 Å². The average Bonchev–Trinajstić information content (AvgIpc) is 2.50. The Bertz CT molecular complexity index is 560. The highest BCUT2D eigenvalue weighted by molar-refractivity contribution is 6.30. The summed E-state index contributed by atoms with van der Waals surface area (Å²) in [5.41, 5.74) is 3.45. The minimum absolute atomic E-state index is 0.109. The Balaban J connectivity index is 2.30. The second-order valence-electron chi connectivity index (χ2n) is 4.93. The van der Waals surface area contributed by atoms with Crippen LogP contribution in [0.4, 0.5) is 5.69 Å². The van der Waals surface area contributed by atoms with Gasteiger partial charge < -0.3 is 15.3 Å². The van der Waals surface area contributed by atoms with E-state index in [1.807, 2.05) is 43.4 Å². The molecule has 0 aromatic heterocycles. The molecule has 0 bridgehead atoms. The van der Waals surface area contributed by atoms with Crippen molar-refractivity contribution in [3.05, 3.63) is 64.7 Å². The number of benzene rings is 2. The summed E-state index contributed by atoms with van der Waals surface area (Å²) < 4.78 is 0. The number of hydrogen-bond donors (Lipinski definition) is 2. The number of aliphatic hydroxyl groups is 1. The summed E-state index contributed by atoms with van der Waals surface area (Å²) in [6.45, 7) is 2.20. The molecule has 2 aromatic carbocycles. The van der Waals surface area contributed by atoms with Crippen LogP contribution in [0.2, 0.25) is 5.02 Å². The third-order valence-electron chi connectivity index (χ3n) is 3.34. The van der Waals surface area contributed by atoms with Crippen LogP contribution in [0.1, 0.15) is 11.1 Å². The zero-order chi connectivity index (χ0) is 15.1. The van der Waals surface area contributed by atoms with Crippen molar-refractivity contribution in [2.24, 2.45) is 0 Å². The van der Waals surface area contributed by atoms with Gasteiger partial charge in [-0.05, 0) is 30.3 Å². The Morgan fingerprint density at radius 3 is 2.57 bits per heavy atom. The van der Waals surface area contributed by atoms with E-state index >= 15 is 0 Å². The van der Waals surface area contributed by atoms with Gasteiger partial charge in [0.25, 0.3) is 0 Å². The number of nitrogens with one attached hydrogen (secondary N) is 1. The van der Waals surface area contributed by atoms with Gasteiger partial charge in [0.1, 0.15) is 0 Å². The molecule has 2 rings (SSSR count). The molecule has 2 N–H and O–H groups in total. The molecule has 0 aliphatic carbocycles. The van der Waals surface area contributed by atoms with Crippen molar-refractivity contribution < 1.29 is 5.11 Å². The summed E-state index contributed by atoms with van der Waals surface area (Å²) in [4.78, 5) is 2.16. The first-order valence-electron chi connectivity index (χ1n) is 7.07. The minimum atomic E-state index is 0.109. The van der Waals surface area contributed by atoms with Crippen LogP contribution in [0.3, 0.4) is 0 Å². The lowest BCUT2D eigenvalue weighted by atomic mass is 10.1. The van der Waals surface area contributed by atoms with Crippen LogP contribution in [0.25, 0.3) is 0 Å². The van der Waals surface area contributed by atoms with Crippen molar-refractivity contribution in [1.29, 1.82) is 0 Å². The molecule has 0 aliphatic rings. The maximum atomic E-state index is 9.38. The molecule has 0 heterocycles. The van der Waals surface area contributed by atoms with E-state index in [1.165, 1.54) is 11.1 Å². The van der Waals surface area contributed by atoms with E-state index in [9.17, 15) is 5.11 Å². The standard InChI is InChI=1S/C17H21ClN2O/c1-19-12-15-7-8-16(18)11-17(15)20(9-10-21)13-14-5-3-2-4-6-14/h2-8,11,19,21H,9-10,12-13H2,1H3. The van der Waals surface area contributed by atoms with Gasteiger partial charge in [-0.1, -0.05) is 48.0 Å². The Labute approximate surface area is 131 Å². The van der Waals surface area contributed by atoms with Crippen molar-refractivity contribution in [2.45, 2.75) is 13.1 Å². The summed E-state index contributed by atoms with van der Waals surface area (Å²) in [5, 5.41) is 13.3. The third kappa shape index (κ3) is 4.46. The molecular formula is C17H21ClN2O. The van der Waals surface area contributed by atoms with Gasteiger partial charge in [-0.15, -0.1) is 0 Å². The summed E-state index contributed by atoms with van der Waals surface area (Å²) in [6, 6.07) is 16.1. The van der Waals surface area contributed by atoms with E-state index < -0.39 is 0 Å². The third-order valence-corrected chi connectivity index (χ3v) is 3.58. The zero-order valence-electron chi connectivity index (χ0n) is 12.2. The monoisotopic (exact) mass is 304 g/mol. The van der Waals surface area contributed by atoms with Gasteiger partial charge in [-0.25, -0.2) is 0 Å². The number of nitrogens with zero attached hydrogens (tertiary/aromatic N) is 1. The number of hydrogen-bond acceptors (Lipinski definition) is 3. The molecule has 0 fully saturated rings. The van der Waals surface area contributed by atoms with Crippen molar-refractivity contribution in [2.75, 3.05) is 25.1 Å². The maximum Gasteiger partial charge on any atom is 0.0606 e. The molecular weight excluding hydrogens is 284 g/mol. The highest BCUT2D eigenvalue weighted by Gasteiger charge is 2.12. The largest absolute Gasteiger partial charge is 0.395 e. The SMILES string of the molecule is CNCc1ccc(Cl)cc1N(CCO)Cc1ccccc1. The van der Waals surface area contributed by atoms with Crippen molar-refractivity contribution in [3.63, 3.8) is 0 Å². The molecule has 0 saturated heterocycles. The first-order valence-corrected chi connectivity index (χ1v) is 7.45. The van der Waals surface area contributed by atoms with Crippen LogP contribution in [-0.4, -0.2) is 25.3 Å². The Morgan fingerprint density at radius 2 is 1.90 bits per heavy atom. The topological polar surface area (TPSA) is 35.5 Å². The molecule has 0 aliphatic heterocycles. The van der Waals surface area contributed by atoms with Crippen molar-refractivity contribution >= 4 is 17.3 Å². The van der Waals surface area contributed by atoms with Gasteiger partial charge in [0.15, 0.2) is 0 Å². The quantitative estimate of drug-likeness (QED) is 0.825. The smallest absolute Gasteiger partial charge is 0.0606 e. The molecule has 21 heavy (non-hydrogen) atoms. The van der Waals surface area contributed by atoms with Crippen LogP contribution in [0.15, 0.2) is 48.5 Å². The van der Waals surface area contributed by atoms with E-state index in [4.69, 9.17) is 11.6 Å². The maximum absolute atomic E-state index is 9.38. The van der Waals surface area contributed by atoms with Gasteiger partial charge in [0, 0.05) is 30.3 Å². The van der Waals surface area contributed by atoms with E-state index in [2.05, 4.69) is 22.3 Å². The first kappa shape index (κ1) is 15.8. The molecule has 3 nitrogen and oxygen atoms in total. The zero-order valence-corrected chi connectivity index (χ0v) is 13.0. The minimum Gasteiger partial charge on any atom is -0.395 e. The number of rotatable bonds is 7. The lowest BCUT2D eigenvalue weighted by Gasteiger charge is -2.27. The fraction of sp³-hybridized carbons (Fsp3) is 0.294. The Morgan fingerprint density at radius 1 is 1.14 bits per heavy atom. The predicted molar refractivity (Wildman–Crippen MR) is 88.8 cm³/mol. The molecule has 0 saturated carbocycles. The fourth-order valence-corrected chi connectivity index (χ4v) is 2.55. The van der Waals surface area contributed by atoms with E-state index in [-0.39, 0.29) is 6.61 Å². The average molecular weight is 305 g/mol. The molecule has 0 atom stereocenters. The van der Waals surface area contributed by atoms with Crippen LogP contribution in [-0.2, 0) is 13.1 Å². The van der Waals surface area contributed by atoms with E-state index in [1.54, 1.807) is 0 Å². The van der Waals surface area contributed by atoms with Gasteiger partial charge in [0.05, 0.1) is 6.61 Å². The Kier molecular flexibility index (Phi) is 6.05. The molecule has 4 heteroatoms. The van der Waals surface area contributed by atoms with E-state index in [0.717, 1.165) is 18.8 Å². The molecule has 0 radical (unpaired) electrons. The predicted octanol–water partition coefficient (Wildman–Crippen LogP) is 3.06. The van der Waals surface area contributed by atoms with Crippen molar-refractivity contribution in [3.8, 4) is 0 Å². The van der Waals surface area contributed by atoms with Crippen LogP contribution >= 0.6 is 11.6 Å². The molecule has 112 valence electrons. The molecule has 0 unspecified atom stereocenters. The highest BCUT2D eigenvalue weighted by atomic mass is 35.5. The van der Waals surface area contributed by atoms with Gasteiger partial charge >= 0.3 is 0 Å². The van der Waals surface area contributed by atoms with Crippen LogP contribution < -0.4 is 10.2 Å². The number of halogens is 1. The van der Waals surface area contributed by atoms with E-state index in [0.29, 0.717) is 11.6 Å². The first-order chi connectivity index (χ1) is 10.2. The Hall–Kier alpha value is -1.55. The second-order valence-corrected chi connectivity index (χ2v) is 5.37. The lowest BCUT2D eigenvalue weighted by Crippen LogP contribution is -2.27. The summed E-state index contributed by atoms with van der Waals surface area (Å²) in [5.74, 6) is 0. The summed E-state index contributed by atoms with van der Waals surface area (Å²) in [7, 11) is 1.92. The van der Waals surface area contributed by atoms with Crippen LogP contribution in [0, 0.1) is 0 Å². The van der Waals surface area contributed by atoms with Crippen LogP contribution in [0.5, 0.6) is 0 Å². The molecule has 2 aromatic rings. The summed E-state index contributed by atoms with van der Waals surface area (Å²) >= 11 is 6.15. The van der Waals surface area contributed by atoms with Gasteiger partial charge in [-0.2, -0.15) is 0 Å². The lowest BCUT2D eigenvalue weighted by molar-refractivity contribution is 0.301. The highest BCUT2D eigenvalue weighted by Crippen LogP contribution is 2.26. The normalized spacial score (nSPS) is 10.6. The second kappa shape index (κ2) is 8.03.